The van der Waals surface area contributed by atoms with Crippen LogP contribution in [0.3, 0.4) is 0 Å². The molecule has 0 atom stereocenters. The van der Waals surface area contributed by atoms with Crippen LogP contribution in [0.4, 0.5) is 4.79 Å². The Morgan fingerprint density at radius 1 is 1.10 bits per heavy atom. The second kappa shape index (κ2) is 8.76. The fourth-order valence-corrected chi connectivity index (χ4v) is 2.77. The van der Waals surface area contributed by atoms with Crippen LogP contribution in [0.2, 0.25) is 5.15 Å². The van der Waals surface area contributed by atoms with Crippen LogP contribution in [-0.2, 0) is 25.6 Å². The molecule has 0 aliphatic heterocycles. The average molecular weight is 433 g/mol. The van der Waals surface area contributed by atoms with E-state index >= 15 is 0 Å². The van der Waals surface area contributed by atoms with E-state index in [0.717, 1.165) is 5.56 Å². The van der Waals surface area contributed by atoms with Crippen molar-refractivity contribution < 1.29 is 23.8 Å². The molecule has 3 rings (SSSR count). The predicted octanol–water partition coefficient (Wildman–Crippen LogP) is 3.62. The van der Waals surface area contributed by atoms with E-state index in [-0.39, 0.29) is 35.4 Å². The summed E-state index contributed by atoms with van der Waals surface area (Å²) in [6.45, 7) is 4.77. The lowest BCUT2D eigenvalue weighted by Gasteiger charge is -2.20. The summed E-state index contributed by atoms with van der Waals surface area (Å²) in [5, 5.41) is 0.0791. The summed E-state index contributed by atoms with van der Waals surface area (Å²) in [5.74, 6) is -0.0523. The van der Waals surface area contributed by atoms with Gasteiger partial charge in [0.2, 0.25) is 0 Å². The number of imidazole rings is 1. The standard InChI is InChI=1S/C20H21ClN4O5/c1-20(2,3)30-19(27)25-13(10-29-11-14(26)28-4)22-15-16(21)23-17(24-18(15)25)12-8-6-5-7-9-12/h5-9H,10-11H2,1-4H3. The SMILES string of the molecule is COC(=O)COCc1nc2c(Cl)nc(-c3ccccc3)nc2n1C(=O)OC(C)(C)C. The molecule has 0 aliphatic carbocycles. The number of carbonyl (C=O) groups is 2. The maximum atomic E-state index is 12.9. The molecule has 0 bridgehead atoms. The number of halogens is 1. The third kappa shape index (κ3) is 4.92. The molecule has 2 aromatic heterocycles. The second-order valence-electron chi connectivity index (χ2n) is 7.29. The van der Waals surface area contributed by atoms with Gasteiger partial charge in [-0.15, -0.1) is 0 Å². The number of methoxy groups -OCH3 is 1. The van der Waals surface area contributed by atoms with Gasteiger partial charge in [-0.2, -0.15) is 0 Å². The maximum Gasteiger partial charge on any atom is 0.421 e. The number of carbonyl (C=O) groups excluding carboxylic acids is 2. The largest absolute Gasteiger partial charge is 0.467 e. The van der Waals surface area contributed by atoms with Crippen molar-refractivity contribution in [3.8, 4) is 11.4 Å². The normalized spacial score (nSPS) is 11.5. The van der Waals surface area contributed by atoms with E-state index in [0.29, 0.717) is 5.82 Å². The summed E-state index contributed by atoms with van der Waals surface area (Å²) in [6.07, 6.45) is -0.699. The van der Waals surface area contributed by atoms with Crippen molar-refractivity contribution in [2.24, 2.45) is 0 Å². The van der Waals surface area contributed by atoms with Gasteiger partial charge < -0.3 is 14.2 Å². The lowest BCUT2D eigenvalue weighted by atomic mass is 10.2. The lowest BCUT2D eigenvalue weighted by molar-refractivity contribution is -0.146. The van der Waals surface area contributed by atoms with E-state index in [1.807, 2.05) is 30.3 Å². The van der Waals surface area contributed by atoms with E-state index < -0.39 is 17.7 Å². The summed E-state index contributed by atoms with van der Waals surface area (Å²) in [4.78, 5) is 37.4. The number of ether oxygens (including phenoxy) is 3. The highest BCUT2D eigenvalue weighted by Crippen LogP contribution is 2.26. The minimum absolute atomic E-state index is 0.0791. The molecule has 0 spiro atoms. The number of aromatic nitrogens is 4. The highest BCUT2D eigenvalue weighted by molar-refractivity contribution is 6.33. The number of fused-ring (bicyclic) bond motifs is 1. The van der Waals surface area contributed by atoms with Crippen LogP contribution in [0.15, 0.2) is 30.3 Å². The zero-order valence-electron chi connectivity index (χ0n) is 17.0. The van der Waals surface area contributed by atoms with Crippen molar-refractivity contribution in [2.75, 3.05) is 13.7 Å². The number of esters is 1. The van der Waals surface area contributed by atoms with Gasteiger partial charge in [0, 0.05) is 5.56 Å². The molecule has 0 saturated heterocycles. The van der Waals surface area contributed by atoms with Gasteiger partial charge in [0.05, 0.1) is 7.11 Å². The first kappa shape index (κ1) is 21.7. The zero-order valence-corrected chi connectivity index (χ0v) is 17.8. The van der Waals surface area contributed by atoms with Gasteiger partial charge in [-0.3, -0.25) is 0 Å². The molecule has 2 heterocycles. The molecule has 0 fully saturated rings. The fourth-order valence-electron chi connectivity index (χ4n) is 2.57. The van der Waals surface area contributed by atoms with Crippen molar-refractivity contribution in [1.82, 2.24) is 19.5 Å². The van der Waals surface area contributed by atoms with Gasteiger partial charge >= 0.3 is 12.1 Å². The van der Waals surface area contributed by atoms with E-state index in [1.165, 1.54) is 11.7 Å². The Balaban J connectivity index is 2.09. The number of hydrogen-bond acceptors (Lipinski definition) is 8. The van der Waals surface area contributed by atoms with E-state index in [2.05, 4.69) is 19.7 Å². The highest BCUT2D eigenvalue weighted by Gasteiger charge is 2.26. The van der Waals surface area contributed by atoms with Crippen molar-refractivity contribution in [3.05, 3.63) is 41.3 Å². The van der Waals surface area contributed by atoms with Crippen molar-refractivity contribution >= 4 is 34.8 Å². The third-order valence-corrected chi connectivity index (χ3v) is 4.08. The Kier molecular flexibility index (Phi) is 6.33. The molecule has 9 nitrogen and oxygen atoms in total. The van der Waals surface area contributed by atoms with Gasteiger partial charge in [0.15, 0.2) is 16.6 Å². The molecular formula is C20H21ClN4O5. The Bertz CT molecular complexity index is 1080. The summed E-state index contributed by atoms with van der Waals surface area (Å²) in [6, 6.07) is 9.20. The Hall–Kier alpha value is -3.04. The predicted molar refractivity (Wildman–Crippen MR) is 109 cm³/mol. The number of nitrogens with zero attached hydrogens (tertiary/aromatic N) is 4. The number of benzene rings is 1. The molecule has 0 aliphatic rings. The van der Waals surface area contributed by atoms with Crippen molar-refractivity contribution in [3.63, 3.8) is 0 Å². The summed E-state index contributed by atoms with van der Waals surface area (Å²) < 4.78 is 16.5. The maximum absolute atomic E-state index is 12.9. The van der Waals surface area contributed by atoms with Crippen LogP contribution < -0.4 is 0 Å². The first-order valence-corrected chi connectivity index (χ1v) is 9.45. The van der Waals surface area contributed by atoms with E-state index in [4.69, 9.17) is 21.1 Å². The first-order chi connectivity index (χ1) is 14.2. The summed E-state index contributed by atoms with van der Waals surface area (Å²) in [5.41, 5.74) is 0.372. The quantitative estimate of drug-likeness (QED) is 0.444. The van der Waals surface area contributed by atoms with Gasteiger partial charge in [-0.25, -0.2) is 29.1 Å². The fraction of sp³-hybridized carbons (Fsp3) is 0.350. The van der Waals surface area contributed by atoms with Crippen LogP contribution in [0, 0.1) is 0 Å². The van der Waals surface area contributed by atoms with Gasteiger partial charge in [0.1, 0.15) is 30.2 Å². The first-order valence-electron chi connectivity index (χ1n) is 9.08. The molecule has 158 valence electrons. The molecular weight excluding hydrogens is 412 g/mol. The highest BCUT2D eigenvalue weighted by atomic mass is 35.5. The molecule has 0 amide bonds. The average Bonchev–Trinajstić information content (AvgIpc) is 3.06. The van der Waals surface area contributed by atoms with Gasteiger partial charge in [-0.05, 0) is 20.8 Å². The molecule has 3 aromatic rings. The third-order valence-electron chi connectivity index (χ3n) is 3.82. The number of rotatable bonds is 5. The Labute approximate surface area is 177 Å². The van der Waals surface area contributed by atoms with Gasteiger partial charge in [0.25, 0.3) is 0 Å². The van der Waals surface area contributed by atoms with Crippen LogP contribution in [0.25, 0.3) is 22.6 Å². The van der Waals surface area contributed by atoms with Crippen LogP contribution in [0.5, 0.6) is 0 Å². The molecule has 10 heteroatoms. The molecule has 0 radical (unpaired) electrons. The number of hydrogen-bond donors (Lipinski definition) is 0. The van der Waals surface area contributed by atoms with Crippen molar-refractivity contribution in [2.45, 2.75) is 33.0 Å². The Morgan fingerprint density at radius 3 is 2.43 bits per heavy atom. The smallest absolute Gasteiger partial charge is 0.421 e. The monoisotopic (exact) mass is 432 g/mol. The summed E-state index contributed by atoms with van der Waals surface area (Å²) in [7, 11) is 1.25. The van der Waals surface area contributed by atoms with Crippen LogP contribution in [-0.4, -0.2) is 50.9 Å². The molecule has 0 unspecified atom stereocenters. The molecule has 0 N–H and O–H groups in total. The summed E-state index contributed by atoms with van der Waals surface area (Å²) >= 11 is 6.35. The topological polar surface area (TPSA) is 105 Å². The van der Waals surface area contributed by atoms with Crippen molar-refractivity contribution in [1.29, 1.82) is 0 Å². The molecule has 30 heavy (non-hydrogen) atoms. The minimum Gasteiger partial charge on any atom is -0.467 e. The Morgan fingerprint density at radius 2 is 1.80 bits per heavy atom. The molecule has 0 saturated carbocycles. The lowest BCUT2D eigenvalue weighted by Crippen LogP contribution is -2.28. The van der Waals surface area contributed by atoms with E-state index in [9.17, 15) is 9.59 Å². The second-order valence-corrected chi connectivity index (χ2v) is 7.65. The van der Waals surface area contributed by atoms with Gasteiger partial charge in [-0.1, -0.05) is 41.9 Å². The van der Waals surface area contributed by atoms with E-state index in [1.54, 1.807) is 20.8 Å². The zero-order chi connectivity index (χ0) is 21.9. The van der Waals surface area contributed by atoms with Crippen LogP contribution >= 0.6 is 11.6 Å². The molecule has 1 aromatic carbocycles. The minimum atomic E-state index is -0.753. The van der Waals surface area contributed by atoms with Crippen LogP contribution in [0.1, 0.15) is 26.6 Å².